The molecule has 0 aliphatic carbocycles. The molecule has 6 heteroatoms. The number of benzene rings is 2. The fourth-order valence-corrected chi connectivity index (χ4v) is 5.05. The largest absolute Gasteiger partial charge is 0.323 e. The molecule has 2 aromatic carbocycles. The molecule has 0 radical (unpaired) electrons. The van der Waals surface area contributed by atoms with Crippen molar-refractivity contribution in [3.05, 3.63) is 58.1 Å². The van der Waals surface area contributed by atoms with Gasteiger partial charge in [-0.3, -0.25) is 14.5 Å². The van der Waals surface area contributed by atoms with Crippen LogP contribution in [0.2, 0.25) is 0 Å². The van der Waals surface area contributed by atoms with Gasteiger partial charge in [-0.1, -0.05) is 33.6 Å². The highest BCUT2D eigenvalue weighted by atomic mass is 79.9. The topological polar surface area (TPSA) is 49.4 Å². The fourth-order valence-electron chi connectivity index (χ4n) is 3.31. The zero-order chi connectivity index (χ0) is 17.1. The summed E-state index contributed by atoms with van der Waals surface area (Å²) >= 11 is 4.82. The molecule has 2 atom stereocenters. The van der Waals surface area contributed by atoms with Crippen LogP contribution in [0.5, 0.6) is 0 Å². The molecule has 2 amide bonds. The lowest BCUT2D eigenvalue weighted by atomic mass is 10.0. The molecule has 2 aliphatic rings. The van der Waals surface area contributed by atoms with E-state index in [0.717, 1.165) is 27.0 Å². The summed E-state index contributed by atoms with van der Waals surface area (Å²) in [5, 5.41) is 2.66. The maximum atomic E-state index is 13.0. The highest BCUT2D eigenvalue weighted by Crippen LogP contribution is 2.56. The molecule has 0 bridgehead atoms. The highest BCUT2D eigenvalue weighted by Gasteiger charge is 2.60. The maximum Gasteiger partial charge on any atom is 0.266 e. The van der Waals surface area contributed by atoms with Crippen LogP contribution in [0.4, 0.5) is 11.4 Å². The van der Waals surface area contributed by atoms with Crippen LogP contribution in [0, 0.1) is 6.92 Å². The molecule has 0 unspecified atom stereocenters. The van der Waals surface area contributed by atoms with Crippen LogP contribution in [0.3, 0.4) is 0 Å². The molecule has 1 fully saturated rings. The van der Waals surface area contributed by atoms with Gasteiger partial charge < -0.3 is 5.32 Å². The molecule has 0 saturated carbocycles. The Kier molecular flexibility index (Phi) is 3.51. The fraction of sp³-hybridized carbons (Fsp3) is 0.222. The molecule has 2 aliphatic heterocycles. The third kappa shape index (κ3) is 2.06. The summed E-state index contributed by atoms with van der Waals surface area (Å²) in [6.45, 7) is 3.85. The van der Waals surface area contributed by atoms with Crippen molar-refractivity contribution in [1.29, 1.82) is 0 Å². The third-order valence-corrected chi connectivity index (χ3v) is 6.42. The lowest BCUT2D eigenvalue weighted by Crippen LogP contribution is -2.47. The van der Waals surface area contributed by atoms with E-state index in [1.54, 1.807) is 4.90 Å². The smallest absolute Gasteiger partial charge is 0.266 e. The molecule has 1 spiro atoms. The summed E-state index contributed by atoms with van der Waals surface area (Å²) in [7, 11) is 0. The minimum absolute atomic E-state index is 0.0492. The van der Waals surface area contributed by atoms with Crippen molar-refractivity contribution < 1.29 is 9.59 Å². The summed E-state index contributed by atoms with van der Waals surface area (Å²) in [5.41, 5.74) is 3.43. The third-order valence-electron chi connectivity index (χ3n) is 4.41. The minimum atomic E-state index is -1.04. The number of nitrogens with one attached hydrogen (secondary N) is 1. The predicted molar refractivity (Wildman–Crippen MR) is 100 cm³/mol. The molecule has 2 heterocycles. The lowest BCUT2D eigenvalue weighted by molar-refractivity contribution is -0.122. The number of nitrogens with zero attached hydrogens (tertiary/aromatic N) is 1. The monoisotopic (exact) mass is 402 g/mol. The Morgan fingerprint density at radius 1 is 1.17 bits per heavy atom. The minimum Gasteiger partial charge on any atom is -0.323 e. The first-order valence-electron chi connectivity index (χ1n) is 7.63. The summed E-state index contributed by atoms with van der Waals surface area (Å²) in [6.07, 6.45) is 0. The zero-order valence-electron chi connectivity index (χ0n) is 13.2. The van der Waals surface area contributed by atoms with Gasteiger partial charge in [0.15, 0.2) is 0 Å². The molecule has 1 saturated heterocycles. The number of thioether (sulfide) groups is 1. The second-order valence-corrected chi connectivity index (χ2v) is 8.51. The first kappa shape index (κ1) is 15.7. The first-order valence-corrected chi connectivity index (χ1v) is 9.31. The van der Waals surface area contributed by atoms with E-state index >= 15 is 0 Å². The van der Waals surface area contributed by atoms with E-state index in [4.69, 9.17) is 0 Å². The molecular weight excluding hydrogens is 388 g/mol. The van der Waals surface area contributed by atoms with Gasteiger partial charge in [-0.15, -0.1) is 11.8 Å². The number of carbonyl (C=O) groups is 2. The van der Waals surface area contributed by atoms with E-state index in [1.807, 2.05) is 56.3 Å². The average molecular weight is 403 g/mol. The van der Waals surface area contributed by atoms with E-state index in [0.29, 0.717) is 0 Å². The van der Waals surface area contributed by atoms with Gasteiger partial charge in [0.25, 0.3) is 5.91 Å². The predicted octanol–water partition coefficient (Wildman–Crippen LogP) is 4.03. The number of anilines is 2. The van der Waals surface area contributed by atoms with Gasteiger partial charge in [0.2, 0.25) is 10.8 Å². The Labute approximate surface area is 152 Å². The van der Waals surface area contributed by atoms with E-state index in [-0.39, 0.29) is 17.1 Å². The van der Waals surface area contributed by atoms with Gasteiger partial charge in [-0.25, -0.2) is 0 Å². The average Bonchev–Trinajstić information content (AvgIpc) is 2.97. The highest BCUT2D eigenvalue weighted by molar-refractivity contribution is 9.10. The molecular formula is C18H15BrN2O2S. The van der Waals surface area contributed by atoms with Crippen molar-refractivity contribution in [1.82, 2.24) is 0 Å². The van der Waals surface area contributed by atoms with Gasteiger partial charge in [-0.05, 0) is 44.2 Å². The summed E-state index contributed by atoms with van der Waals surface area (Å²) in [6, 6.07) is 13.4. The molecule has 24 heavy (non-hydrogen) atoms. The molecule has 122 valence electrons. The number of rotatable bonds is 1. The van der Waals surface area contributed by atoms with Crippen LogP contribution in [0.15, 0.2) is 46.9 Å². The van der Waals surface area contributed by atoms with Crippen molar-refractivity contribution in [2.75, 3.05) is 10.2 Å². The SMILES string of the molecule is Cc1ccc2c(c1)[C@@]1(S[C@@H](C)C(=O)N1c1ccc(Br)cc1)C(=O)N2. The van der Waals surface area contributed by atoms with Gasteiger partial charge >= 0.3 is 0 Å². The van der Waals surface area contributed by atoms with Gasteiger partial charge in [0.05, 0.1) is 5.25 Å². The van der Waals surface area contributed by atoms with Crippen LogP contribution in [0.25, 0.3) is 0 Å². The van der Waals surface area contributed by atoms with Crippen molar-refractivity contribution >= 4 is 50.9 Å². The van der Waals surface area contributed by atoms with Crippen molar-refractivity contribution in [3.63, 3.8) is 0 Å². The van der Waals surface area contributed by atoms with Crippen LogP contribution in [-0.2, 0) is 14.5 Å². The second-order valence-electron chi connectivity index (χ2n) is 6.06. The zero-order valence-corrected chi connectivity index (χ0v) is 15.6. The summed E-state index contributed by atoms with van der Waals surface area (Å²) in [4.78, 5) is 26.5. The Bertz CT molecular complexity index is 868. The van der Waals surface area contributed by atoms with E-state index in [2.05, 4.69) is 21.2 Å². The number of carbonyl (C=O) groups excluding carboxylic acids is 2. The van der Waals surface area contributed by atoms with Gasteiger partial charge in [0, 0.05) is 21.4 Å². The number of hydrogen-bond acceptors (Lipinski definition) is 3. The normalized spacial score (nSPS) is 25.3. The standard InChI is InChI=1S/C18H15BrN2O2S/c1-10-3-8-15-14(9-10)18(17(23)20-15)21(16(22)11(2)24-18)13-6-4-12(19)5-7-13/h3-9,11H,1-2H3,(H,20,23)/t11-,18+/m0/s1. The Balaban J connectivity index is 1.95. The van der Waals surface area contributed by atoms with Gasteiger partial charge in [0.1, 0.15) is 0 Å². The van der Waals surface area contributed by atoms with E-state index in [1.165, 1.54) is 11.8 Å². The van der Waals surface area contributed by atoms with Crippen molar-refractivity contribution in [2.45, 2.75) is 24.0 Å². The van der Waals surface area contributed by atoms with Crippen LogP contribution in [0.1, 0.15) is 18.1 Å². The number of fused-ring (bicyclic) bond motifs is 2. The summed E-state index contributed by atoms with van der Waals surface area (Å²) in [5.74, 6) is -0.208. The lowest BCUT2D eigenvalue weighted by Gasteiger charge is -2.32. The van der Waals surface area contributed by atoms with Crippen LogP contribution < -0.4 is 10.2 Å². The van der Waals surface area contributed by atoms with E-state index in [9.17, 15) is 9.59 Å². The number of hydrogen-bond donors (Lipinski definition) is 1. The Morgan fingerprint density at radius 2 is 1.88 bits per heavy atom. The number of halogens is 1. The Morgan fingerprint density at radius 3 is 2.58 bits per heavy atom. The van der Waals surface area contributed by atoms with Gasteiger partial charge in [-0.2, -0.15) is 0 Å². The van der Waals surface area contributed by atoms with Crippen molar-refractivity contribution in [3.8, 4) is 0 Å². The second kappa shape index (κ2) is 5.36. The number of amides is 2. The molecule has 4 nitrogen and oxygen atoms in total. The van der Waals surface area contributed by atoms with Crippen LogP contribution in [-0.4, -0.2) is 17.1 Å². The maximum absolute atomic E-state index is 13.0. The molecule has 2 aromatic rings. The molecule has 0 aromatic heterocycles. The molecule has 1 N–H and O–H groups in total. The Hall–Kier alpha value is -1.79. The summed E-state index contributed by atoms with van der Waals surface area (Å²) < 4.78 is 0.930. The van der Waals surface area contributed by atoms with Crippen LogP contribution >= 0.6 is 27.7 Å². The quantitative estimate of drug-likeness (QED) is 0.782. The molecule has 4 rings (SSSR count). The van der Waals surface area contributed by atoms with E-state index < -0.39 is 4.87 Å². The van der Waals surface area contributed by atoms with Crippen molar-refractivity contribution in [2.24, 2.45) is 0 Å². The number of aryl methyl sites for hydroxylation is 1. The first-order chi connectivity index (χ1) is 11.4.